The van der Waals surface area contributed by atoms with Crippen LogP contribution < -0.4 is 9.46 Å². The monoisotopic (exact) mass is 336 g/mol. The van der Waals surface area contributed by atoms with Crippen molar-refractivity contribution in [1.29, 1.82) is 0 Å². The molecule has 1 aromatic carbocycles. The summed E-state index contributed by atoms with van der Waals surface area (Å²) in [5.74, 6) is 1.22. The Labute approximate surface area is 135 Å². The summed E-state index contributed by atoms with van der Waals surface area (Å²) < 4.78 is 37.9. The number of benzene rings is 1. The fourth-order valence-electron chi connectivity index (χ4n) is 2.64. The van der Waals surface area contributed by atoms with Gasteiger partial charge in [-0.3, -0.25) is 0 Å². The second-order valence-electron chi connectivity index (χ2n) is 5.68. The molecule has 0 unspecified atom stereocenters. The SMILES string of the molecule is Cc1nc(CNS(=O)(=O)c2ccc(OC3CCCC3)cc2)co1. The van der Waals surface area contributed by atoms with E-state index in [1.165, 1.54) is 19.1 Å². The topological polar surface area (TPSA) is 81.4 Å². The molecule has 0 saturated heterocycles. The van der Waals surface area contributed by atoms with Crippen LogP contribution in [0.5, 0.6) is 5.75 Å². The van der Waals surface area contributed by atoms with Gasteiger partial charge in [-0.2, -0.15) is 0 Å². The van der Waals surface area contributed by atoms with Gasteiger partial charge in [0.25, 0.3) is 0 Å². The summed E-state index contributed by atoms with van der Waals surface area (Å²) in [6, 6.07) is 6.52. The highest BCUT2D eigenvalue weighted by Gasteiger charge is 2.18. The van der Waals surface area contributed by atoms with Gasteiger partial charge in [0, 0.05) is 6.92 Å². The van der Waals surface area contributed by atoms with Crippen LogP contribution in [0.1, 0.15) is 37.3 Å². The Morgan fingerprint density at radius 3 is 2.57 bits per heavy atom. The molecule has 0 radical (unpaired) electrons. The molecule has 0 spiro atoms. The summed E-state index contributed by atoms with van der Waals surface area (Å²) in [5.41, 5.74) is 0.548. The zero-order valence-corrected chi connectivity index (χ0v) is 13.8. The molecule has 1 aromatic heterocycles. The summed E-state index contributed by atoms with van der Waals surface area (Å²) >= 11 is 0. The summed E-state index contributed by atoms with van der Waals surface area (Å²) in [6.45, 7) is 1.81. The molecule has 1 aliphatic carbocycles. The zero-order valence-electron chi connectivity index (χ0n) is 13.0. The van der Waals surface area contributed by atoms with Gasteiger partial charge in [0.1, 0.15) is 12.0 Å². The summed E-state index contributed by atoms with van der Waals surface area (Å²) in [7, 11) is -3.58. The quantitative estimate of drug-likeness (QED) is 0.877. The van der Waals surface area contributed by atoms with E-state index in [2.05, 4.69) is 9.71 Å². The Morgan fingerprint density at radius 1 is 1.26 bits per heavy atom. The normalized spacial score (nSPS) is 15.9. The van der Waals surface area contributed by atoms with E-state index in [-0.39, 0.29) is 17.5 Å². The maximum absolute atomic E-state index is 12.3. The van der Waals surface area contributed by atoms with Gasteiger partial charge >= 0.3 is 0 Å². The molecule has 0 amide bonds. The molecule has 1 heterocycles. The fourth-order valence-corrected chi connectivity index (χ4v) is 3.64. The molecule has 1 saturated carbocycles. The van der Waals surface area contributed by atoms with E-state index in [0.29, 0.717) is 17.3 Å². The number of hydrogen-bond acceptors (Lipinski definition) is 5. The number of rotatable bonds is 6. The van der Waals surface area contributed by atoms with Gasteiger partial charge in [0.05, 0.1) is 23.2 Å². The molecule has 2 aromatic rings. The van der Waals surface area contributed by atoms with Crippen molar-refractivity contribution in [1.82, 2.24) is 9.71 Å². The van der Waals surface area contributed by atoms with Crippen molar-refractivity contribution in [3.63, 3.8) is 0 Å². The van der Waals surface area contributed by atoms with Gasteiger partial charge in [-0.05, 0) is 49.9 Å². The van der Waals surface area contributed by atoms with E-state index in [1.807, 2.05) is 0 Å². The van der Waals surface area contributed by atoms with Gasteiger partial charge in [-0.15, -0.1) is 0 Å². The number of aryl methyl sites for hydroxylation is 1. The average molecular weight is 336 g/mol. The number of nitrogens with one attached hydrogen (secondary N) is 1. The van der Waals surface area contributed by atoms with E-state index < -0.39 is 10.0 Å². The van der Waals surface area contributed by atoms with E-state index in [1.54, 1.807) is 31.2 Å². The maximum Gasteiger partial charge on any atom is 0.240 e. The second kappa shape index (κ2) is 6.72. The molecule has 7 heteroatoms. The Bertz CT molecular complexity index is 747. The van der Waals surface area contributed by atoms with Gasteiger partial charge in [0.2, 0.25) is 10.0 Å². The summed E-state index contributed by atoms with van der Waals surface area (Å²) in [6.07, 6.45) is 6.23. The smallest absolute Gasteiger partial charge is 0.240 e. The van der Waals surface area contributed by atoms with Crippen LogP contribution in [0.15, 0.2) is 39.8 Å². The first-order valence-electron chi connectivity index (χ1n) is 7.70. The lowest BCUT2D eigenvalue weighted by atomic mass is 10.3. The van der Waals surface area contributed by atoms with Crippen molar-refractivity contribution in [3.8, 4) is 5.75 Å². The Kier molecular flexibility index (Phi) is 4.68. The van der Waals surface area contributed by atoms with E-state index in [9.17, 15) is 8.42 Å². The Balaban J connectivity index is 1.62. The number of ether oxygens (including phenoxy) is 1. The van der Waals surface area contributed by atoms with Crippen molar-refractivity contribution >= 4 is 10.0 Å². The molecule has 6 nitrogen and oxygen atoms in total. The maximum atomic E-state index is 12.3. The highest BCUT2D eigenvalue weighted by Crippen LogP contribution is 2.24. The van der Waals surface area contributed by atoms with E-state index in [4.69, 9.17) is 9.15 Å². The lowest BCUT2D eigenvalue weighted by Gasteiger charge is -2.13. The molecule has 23 heavy (non-hydrogen) atoms. The van der Waals surface area contributed by atoms with Crippen molar-refractivity contribution in [3.05, 3.63) is 42.1 Å². The van der Waals surface area contributed by atoms with Crippen LogP contribution in [0.2, 0.25) is 0 Å². The van der Waals surface area contributed by atoms with E-state index in [0.717, 1.165) is 12.8 Å². The Hall–Kier alpha value is -1.86. The lowest BCUT2D eigenvalue weighted by molar-refractivity contribution is 0.210. The largest absolute Gasteiger partial charge is 0.490 e. The first-order valence-corrected chi connectivity index (χ1v) is 9.19. The average Bonchev–Trinajstić information content (AvgIpc) is 3.18. The van der Waals surface area contributed by atoms with Crippen LogP contribution in [0.4, 0.5) is 0 Å². The number of oxazole rings is 1. The predicted octanol–water partition coefficient (Wildman–Crippen LogP) is 2.78. The van der Waals surface area contributed by atoms with Crippen molar-refractivity contribution < 1.29 is 17.6 Å². The van der Waals surface area contributed by atoms with Crippen LogP contribution in [0, 0.1) is 6.92 Å². The van der Waals surface area contributed by atoms with Gasteiger partial charge in [-0.25, -0.2) is 18.1 Å². The van der Waals surface area contributed by atoms with Crippen LogP contribution in [-0.2, 0) is 16.6 Å². The predicted molar refractivity (Wildman–Crippen MR) is 84.6 cm³/mol. The highest BCUT2D eigenvalue weighted by atomic mass is 32.2. The highest BCUT2D eigenvalue weighted by molar-refractivity contribution is 7.89. The minimum atomic E-state index is -3.58. The third kappa shape index (κ3) is 4.11. The fraction of sp³-hybridized carbons (Fsp3) is 0.438. The van der Waals surface area contributed by atoms with Gasteiger partial charge in [0.15, 0.2) is 5.89 Å². The van der Waals surface area contributed by atoms with Crippen molar-refractivity contribution in [2.75, 3.05) is 0 Å². The van der Waals surface area contributed by atoms with Crippen molar-refractivity contribution in [2.45, 2.75) is 50.2 Å². The number of sulfonamides is 1. The molecule has 0 bridgehead atoms. The first-order chi connectivity index (χ1) is 11.0. The minimum Gasteiger partial charge on any atom is -0.490 e. The third-order valence-corrected chi connectivity index (χ3v) is 5.27. The molecule has 124 valence electrons. The Morgan fingerprint density at radius 2 is 1.96 bits per heavy atom. The molecule has 1 aliphatic rings. The van der Waals surface area contributed by atoms with Gasteiger partial charge in [-0.1, -0.05) is 0 Å². The molecular weight excluding hydrogens is 316 g/mol. The standard InChI is InChI=1S/C16H20N2O4S/c1-12-18-13(11-21-12)10-17-23(19,20)16-8-6-15(7-9-16)22-14-4-2-3-5-14/h6-9,11,14,17H,2-5,10H2,1H3. The minimum absolute atomic E-state index is 0.0972. The second-order valence-corrected chi connectivity index (χ2v) is 7.45. The van der Waals surface area contributed by atoms with Crippen LogP contribution in [-0.4, -0.2) is 19.5 Å². The van der Waals surface area contributed by atoms with Crippen LogP contribution >= 0.6 is 0 Å². The molecular formula is C16H20N2O4S. The molecule has 1 N–H and O–H groups in total. The van der Waals surface area contributed by atoms with Gasteiger partial charge < -0.3 is 9.15 Å². The number of nitrogens with zero attached hydrogens (tertiary/aromatic N) is 1. The molecule has 1 fully saturated rings. The first kappa shape index (κ1) is 16.0. The lowest BCUT2D eigenvalue weighted by Crippen LogP contribution is -2.23. The molecule has 3 rings (SSSR count). The third-order valence-electron chi connectivity index (χ3n) is 3.85. The number of aromatic nitrogens is 1. The molecule has 0 atom stereocenters. The molecule has 0 aliphatic heterocycles. The summed E-state index contributed by atoms with van der Waals surface area (Å²) in [4.78, 5) is 4.27. The number of hydrogen-bond donors (Lipinski definition) is 1. The zero-order chi connectivity index (χ0) is 16.3. The van der Waals surface area contributed by atoms with Crippen LogP contribution in [0.3, 0.4) is 0 Å². The van der Waals surface area contributed by atoms with E-state index >= 15 is 0 Å². The summed E-state index contributed by atoms with van der Waals surface area (Å²) in [5, 5.41) is 0. The van der Waals surface area contributed by atoms with Crippen molar-refractivity contribution in [2.24, 2.45) is 0 Å². The van der Waals surface area contributed by atoms with Crippen LogP contribution in [0.25, 0.3) is 0 Å².